The zero-order chi connectivity index (χ0) is 20.6. The maximum absolute atomic E-state index is 12.3. The Hall–Kier alpha value is -2.37. The van der Waals surface area contributed by atoms with Gasteiger partial charge in [0.05, 0.1) is 6.10 Å². The molecule has 28 heavy (non-hydrogen) atoms. The van der Waals surface area contributed by atoms with E-state index in [2.05, 4.69) is 17.4 Å². The summed E-state index contributed by atoms with van der Waals surface area (Å²) in [7, 11) is 0. The SMILES string of the molecule is CC(C)(C)OC(=O)N[C@](N)(Cc1ccccc1)[C@@H](O)CCCc1ccccc1. The number of hydrogen-bond donors (Lipinski definition) is 3. The van der Waals surface area contributed by atoms with Gasteiger partial charge in [-0.3, -0.25) is 0 Å². The molecule has 2 aromatic rings. The molecule has 0 unspecified atom stereocenters. The highest BCUT2D eigenvalue weighted by atomic mass is 16.6. The number of carbonyl (C=O) groups excluding carboxylic acids is 1. The third kappa shape index (κ3) is 7.33. The molecule has 1 amide bonds. The second-order valence-corrected chi connectivity index (χ2v) is 8.22. The van der Waals surface area contributed by atoms with Crippen LogP contribution in [0.15, 0.2) is 60.7 Å². The van der Waals surface area contributed by atoms with Crippen molar-refractivity contribution < 1.29 is 14.6 Å². The van der Waals surface area contributed by atoms with E-state index >= 15 is 0 Å². The minimum absolute atomic E-state index is 0.305. The van der Waals surface area contributed by atoms with E-state index in [1.807, 2.05) is 48.5 Å². The van der Waals surface area contributed by atoms with Gasteiger partial charge < -0.3 is 20.9 Å². The quantitative estimate of drug-likeness (QED) is 0.605. The molecule has 0 aliphatic rings. The third-order valence-corrected chi connectivity index (χ3v) is 4.45. The Kier molecular flexibility index (Phi) is 7.61. The molecule has 0 aliphatic carbocycles. The number of aliphatic hydroxyl groups excluding tert-OH is 1. The number of ether oxygens (including phenoxy) is 1. The van der Waals surface area contributed by atoms with Gasteiger partial charge in [0.1, 0.15) is 11.3 Å². The van der Waals surface area contributed by atoms with Crippen molar-refractivity contribution in [2.24, 2.45) is 5.73 Å². The number of benzene rings is 2. The maximum atomic E-state index is 12.3. The zero-order valence-electron chi connectivity index (χ0n) is 17.0. The molecule has 0 bridgehead atoms. The summed E-state index contributed by atoms with van der Waals surface area (Å²) >= 11 is 0. The summed E-state index contributed by atoms with van der Waals surface area (Å²) in [5, 5.41) is 13.6. The van der Waals surface area contributed by atoms with Crippen LogP contribution in [0.3, 0.4) is 0 Å². The average Bonchev–Trinajstić information content (AvgIpc) is 2.61. The van der Waals surface area contributed by atoms with E-state index in [0.29, 0.717) is 12.8 Å². The van der Waals surface area contributed by atoms with Gasteiger partial charge in [0.15, 0.2) is 0 Å². The Bertz CT molecular complexity index is 729. The topological polar surface area (TPSA) is 84.6 Å². The lowest BCUT2D eigenvalue weighted by molar-refractivity contribution is 0.0189. The van der Waals surface area contributed by atoms with Crippen molar-refractivity contribution in [3.05, 3.63) is 71.8 Å². The van der Waals surface area contributed by atoms with Crippen molar-refractivity contribution in [1.82, 2.24) is 5.32 Å². The van der Waals surface area contributed by atoms with Crippen molar-refractivity contribution in [3.63, 3.8) is 0 Å². The summed E-state index contributed by atoms with van der Waals surface area (Å²) in [6, 6.07) is 19.7. The largest absolute Gasteiger partial charge is 0.444 e. The van der Waals surface area contributed by atoms with Crippen LogP contribution in [0.2, 0.25) is 0 Å². The molecule has 5 heteroatoms. The fourth-order valence-corrected chi connectivity index (χ4v) is 3.07. The number of carbonyl (C=O) groups is 1. The molecule has 0 saturated carbocycles. The van der Waals surface area contributed by atoms with Gasteiger partial charge >= 0.3 is 6.09 Å². The van der Waals surface area contributed by atoms with Crippen molar-refractivity contribution >= 4 is 6.09 Å². The summed E-state index contributed by atoms with van der Waals surface area (Å²) < 4.78 is 5.35. The number of nitrogens with two attached hydrogens (primary N) is 1. The predicted molar refractivity (Wildman–Crippen MR) is 112 cm³/mol. The van der Waals surface area contributed by atoms with Gasteiger partial charge in [-0.25, -0.2) is 4.79 Å². The smallest absolute Gasteiger partial charge is 0.409 e. The highest BCUT2D eigenvalue weighted by molar-refractivity contribution is 5.69. The first-order valence-electron chi connectivity index (χ1n) is 9.74. The van der Waals surface area contributed by atoms with Crippen LogP contribution in [0.4, 0.5) is 4.79 Å². The van der Waals surface area contributed by atoms with Gasteiger partial charge in [-0.1, -0.05) is 60.7 Å². The second kappa shape index (κ2) is 9.71. The molecule has 0 fully saturated rings. The van der Waals surface area contributed by atoms with Crippen LogP contribution < -0.4 is 11.1 Å². The second-order valence-electron chi connectivity index (χ2n) is 8.22. The highest BCUT2D eigenvalue weighted by Gasteiger charge is 2.36. The standard InChI is InChI=1S/C23H32N2O3/c1-22(2,3)28-21(27)25-23(24,17-19-13-8-5-9-14-19)20(26)16-10-15-18-11-6-4-7-12-18/h4-9,11-14,20,26H,10,15-17,24H2,1-3H3,(H,25,27)/t20-,23+/m0/s1. The van der Waals surface area contributed by atoms with Gasteiger partial charge in [0.2, 0.25) is 0 Å². The van der Waals surface area contributed by atoms with E-state index in [4.69, 9.17) is 10.5 Å². The van der Waals surface area contributed by atoms with Gasteiger partial charge in [-0.2, -0.15) is 0 Å². The molecule has 0 radical (unpaired) electrons. The van der Waals surface area contributed by atoms with Crippen LogP contribution in [0.1, 0.15) is 44.7 Å². The number of nitrogens with one attached hydrogen (secondary N) is 1. The number of rotatable bonds is 8. The normalized spacial score (nSPS) is 14.8. The molecule has 0 saturated heterocycles. The van der Waals surface area contributed by atoms with Crippen LogP contribution in [-0.2, 0) is 17.6 Å². The fraction of sp³-hybridized carbons (Fsp3) is 0.435. The van der Waals surface area contributed by atoms with Gasteiger partial charge in [-0.05, 0) is 51.2 Å². The summed E-state index contributed by atoms with van der Waals surface area (Å²) in [5.41, 5.74) is 6.69. The van der Waals surface area contributed by atoms with Crippen molar-refractivity contribution in [1.29, 1.82) is 0 Å². The van der Waals surface area contributed by atoms with Crippen molar-refractivity contribution in [2.75, 3.05) is 0 Å². The lowest BCUT2D eigenvalue weighted by Crippen LogP contribution is -2.65. The lowest BCUT2D eigenvalue weighted by Gasteiger charge is -2.36. The monoisotopic (exact) mass is 384 g/mol. The predicted octanol–water partition coefficient (Wildman–Crippen LogP) is 3.79. The average molecular weight is 385 g/mol. The molecule has 5 nitrogen and oxygen atoms in total. The summed E-state index contributed by atoms with van der Waals surface area (Å²) in [4.78, 5) is 12.3. The van der Waals surface area contributed by atoms with E-state index in [1.165, 1.54) is 5.56 Å². The fourth-order valence-electron chi connectivity index (χ4n) is 3.07. The maximum Gasteiger partial charge on any atom is 0.409 e. The van der Waals surface area contributed by atoms with Crippen LogP contribution in [0, 0.1) is 0 Å². The van der Waals surface area contributed by atoms with Crippen molar-refractivity contribution in [2.45, 2.75) is 63.8 Å². The first-order chi connectivity index (χ1) is 13.2. The van der Waals surface area contributed by atoms with Crippen LogP contribution in [-0.4, -0.2) is 28.6 Å². The molecule has 0 heterocycles. The minimum atomic E-state index is -1.32. The molecular formula is C23H32N2O3. The summed E-state index contributed by atoms with van der Waals surface area (Å²) in [5.74, 6) is 0. The lowest BCUT2D eigenvalue weighted by atomic mass is 9.91. The minimum Gasteiger partial charge on any atom is -0.444 e. The molecule has 2 atom stereocenters. The molecular weight excluding hydrogens is 352 g/mol. The van der Waals surface area contributed by atoms with E-state index < -0.39 is 23.5 Å². The number of aliphatic hydroxyl groups is 1. The van der Waals surface area contributed by atoms with Crippen LogP contribution >= 0.6 is 0 Å². The number of alkyl carbamates (subject to hydrolysis) is 1. The number of amides is 1. The molecule has 2 aromatic carbocycles. The Morgan fingerprint density at radius 2 is 1.57 bits per heavy atom. The third-order valence-electron chi connectivity index (χ3n) is 4.45. The summed E-state index contributed by atoms with van der Waals surface area (Å²) in [6.45, 7) is 5.37. The first-order valence-corrected chi connectivity index (χ1v) is 9.74. The molecule has 2 rings (SSSR count). The van der Waals surface area contributed by atoms with Gasteiger partial charge in [0.25, 0.3) is 0 Å². The Balaban J connectivity index is 2.06. The van der Waals surface area contributed by atoms with Gasteiger partial charge in [0, 0.05) is 6.42 Å². The van der Waals surface area contributed by atoms with E-state index in [1.54, 1.807) is 20.8 Å². The van der Waals surface area contributed by atoms with E-state index in [-0.39, 0.29) is 0 Å². The van der Waals surface area contributed by atoms with E-state index in [9.17, 15) is 9.90 Å². The highest BCUT2D eigenvalue weighted by Crippen LogP contribution is 2.19. The van der Waals surface area contributed by atoms with Crippen LogP contribution in [0.5, 0.6) is 0 Å². The van der Waals surface area contributed by atoms with Gasteiger partial charge in [-0.15, -0.1) is 0 Å². The number of hydrogen-bond acceptors (Lipinski definition) is 4. The molecule has 0 spiro atoms. The zero-order valence-corrected chi connectivity index (χ0v) is 17.0. The molecule has 152 valence electrons. The first kappa shape index (κ1) is 21.9. The molecule has 0 aromatic heterocycles. The number of aryl methyl sites for hydroxylation is 1. The Morgan fingerprint density at radius 3 is 2.11 bits per heavy atom. The van der Waals surface area contributed by atoms with E-state index in [0.717, 1.165) is 18.4 Å². The Labute approximate surface area is 167 Å². The Morgan fingerprint density at radius 1 is 1.04 bits per heavy atom. The van der Waals surface area contributed by atoms with Crippen LogP contribution in [0.25, 0.3) is 0 Å². The summed E-state index contributed by atoms with van der Waals surface area (Å²) in [6.07, 6.45) is 0.825. The molecule has 0 aliphatic heterocycles. The molecule has 4 N–H and O–H groups in total. The van der Waals surface area contributed by atoms with Crippen molar-refractivity contribution in [3.8, 4) is 0 Å².